The third kappa shape index (κ3) is 3.51. The Labute approximate surface area is 123 Å². The van der Waals surface area contributed by atoms with Gasteiger partial charge in [-0.25, -0.2) is 9.78 Å². The molecule has 0 spiro atoms. The number of aromatic carboxylic acids is 1. The van der Waals surface area contributed by atoms with Crippen molar-refractivity contribution in [1.29, 1.82) is 0 Å². The van der Waals surface area contributed by atoms with Crippen LogP contribution < -0.4 is 9.47 Å². The molecule has 1 N–H and O–H groups in total. The lowest BCUT2D eigenvalue weighted by atomic mass is 10.1. The minimum atomic E-state index is -0.942. The maximum Gasteiger partial charge on any atom is 0.335 e. The largest absolute Gasteiger partial charge is 0.487 e. The number of hydrogen-bond donors (Lipinski definition) is 1. The van der Waals surface area contributed by atoms with Gasteiger partial charge in [0, 0.05) is 6.07 Å². The van der Waals surface area contributed by atoms with Gasteiger partial charge in [0.1, 0.15) is 12.4 Å². The van der Waals surface area contributed by atoms with E-state index < -0.39 is 5.97 Å². The van der Waals surface area contributed by atoms with Gasteiger partial charge in [0.2, 0.25) is 5.88 Å². The Bertz CT molecular complexity index is 644. The van der Waals surface area contributed by atoms with Gasteiger partial charge in [-0.1, -0.05) is 6.07 Å². The Morgan fingerprint density at radius 3 is 2.48 bits per heavy atom. The molecule has 0 unspecified atom stereocenters. The summed E-state index contributed by atoms with van der Waals surface area (Å²) in [5.74, 6) is 0.276. The molecule has 0 fully saturated rings. The number of rotatable bonds is 5. The summed E-state index contributed by atoms with van der Waals surface area (Å²) in [5.41, 5.74) is 2.58. The van der Waals surface area contributed by atoms with Crippen LogP contribution in [0.2, 0.25) is 0 Å². The molecule has 5 nitrogen and oxygen atoms in total. The van der Waals surface area contributed by atoms with Gasteiger partial charge in [0.25, 0.3) is 0 Å². The number of benzene rings is 1. The molecule has 21 heavy (non-hydrogen) atoms. The lowest BCUT2D eigenvalue weighted by Crippen LogP contribution is -2.04. The van der Waals surface area contributed by atoms with E-state index in [1.54, 1.807) is 25.3 Å². The number of aromatic nitrogens is 1. The molecule has 0 atom stereocenters. The number of carboxylic acid groups (broad SMARTS) is 1. The van der Waals surface area contributed by atoms with Crippen molar-refractivity contribution >= 4 is 5.97 Å². The van der Waals surface area contributed by atoms with Crippen LogP contribution in [0.15, 0.2) is 30.3 Å². The highest BCUT2D eigenvalue weighted by atomic mass is 16.5. The molecule has 2 rings (SSSR count). The molecule has 0 amide bonds. The number of nitrogens with zero attached hydrogens (tertiary/aromatic N) is 1. The first-order valence-corrected chi connectivity index (χ1v) is 6.48. The monoisotopic (exact) mass is 287 g/mol. The van der Waals surface area contributed by atoms with Gasteiger partial charge in [-0.05, 0) is 43.2 Å². The quantitative estimate of drug-likeness (QED) is 0.915. The summed E-state index contributed by atoms with van der Waals surface area (Å²) >= 11 is 0. The van der Waals surface area contributed by atoms with Crippen molar-refractivity contribution < 1.29 is 19.4 Å². The molecule has 1 heterocycles. The van der Waals surface area contributed by atoms with Gasteiger partial charge < -0.3 is 14.6 Å². The Morgan fingerprint density at radius 1 is 1.24 bits per heavy atom. The molecule has 0 aliphatic carbocycles. The average molecular weight is 287 g/mol. The van der Waals surface area contributed by atoms with Crippen molar-refractivity contribution in [3.63, 3.8) is 0 Å². The summed E-state index contributed by atoms with van der Waals surface area (Å²) in [5, 5.41) is 9.03. The third-order valence-corrected chi connectivity index (χ3v) is 3.06. The number of pyridine rings is 1. The molecule has 1 aromatic heterocycles. The Balaban J connectivity index is 2.18. The predicted molar refractivity (Wildman–Crippen MR) is 78.0 cm³/mol. The van der Waals surface area contributed by atoms with Crippen LogP contribution in [-0.2, 0) is 6.61 Å². The molecule has 0 aliphatic rings. The van der Waals surface area contributed by atoms with E-state index in [-0.39, 0.29) is 5.56 Å². The van der Waals surface area contributed by atoms with E-state index in [4.69, 9.17) is 14.6 Å². The van der Waals surface area contributed by atoms with Crippen LogP contribution in [0.5, 0.6) is 11.6 Å². The molecular formula is C16H17NO4. The van der Waals surface area contributed by atoms with Gasteiger partial charge in [0.15, 0.2) is 0 Å². The summed E-state index contributed by atoms with van der Waals surface area (Å²) in [6, 6.07) is 8.66. The van der Waals surface area contributed by atoms with Crippen LogP contribution in [0.3, 0.4) is 0 Å². The van der Waals surface area contributed by atoms with E-state index >= 15 is 0 Å². The maximum atomic E-state index is 11.0. The van der Waals surface area contributed by atoms with Crippen molar-refractivity contribution in [2.45, 2.75) is 20.5 Å². The highest BCUT2D eigenvalue weighted by molar-refractivity contribution is 5.88. The first kappa shape index (κ1) is 14.8. The van der Waals surface area contributed by atoms with Crippen molar-refractivity contribution in [3.8, 4) is 11.6 Å². The number of aryl methyl sites for hydroxylation is 2. The summed E-state index contributed by atoms with van der Waals surface area (Å²) in [6.07, 6.45) is 0. The topological polar surface area (TPSA) is 68.7 Å². The van der Waals surface area contributed by atoms with Crippen molar-refractivity contribution in [3.05, 3.63) is 52.7 Å². The molecule has 5 heteroatoms. The zero-order chi connectivity index (χ0) is 15.4. The fourth-order valence-electron chi connectivity index (χ4n) is 2.10. The molecule has 110 valence electrons. The highest BCUT2D eigenvalue weighted by Crippen LogP contribution is 2.25. The molecule has 0 saturated carbocycles. The van der Waals surface area contributed by atoms with E-state index in [9.17, 15) is 4.79 Å². The normalized spacial score (nSPS) is 10.2. The molecular weight excluding hydrogens is 270 g/mol. The van der Waals surface area contributed by atoms with Crippen LogP contribution in [0.25, 0.3) is 0 Å². The van der Waals surface area contributed by atoms with Crippen LogP contribution in [0, 0.1) is 13.8 Å². The summed E-state index contributed by atoms with van der Waals surface area (Å²) < 4.78 is 10.8. The molecule has 0 bridgehead atoms. The van der Waals surface area contributed by atoms with Gasteiger partial charge in [0.05, 0.1) is 18.4 Å². The first-order valence-electron chi connectivity index (χ1n) is 6.48. The van der Waals surface area contributed by atoms with E-state index in [1.165, 1.54) is 0 Å². The average Bonchev–Trinajstić information content (AvgIpc) is 2.46. The van der Waals surface area contributed by atoms with E-state index in [0.717, 1.165) is 16.8 Å². The SMILES string of the molecule is COc1cccc(COc2c(C)cc(C(=O)O)cc2C)n1. The Kier molecular flexibility index (Phi) is 4.42. The molecule has 0 radical (unpaired) electrons. The van der Waals surface area contributed by atoms with Crippen molar-refractivity contribution in [1.82, 2.24) is 4.98 Å². The second kappa shape index (κ2) is 6.26. The number of hydrogen-bond acceptors (Lipinski definition) is 4. The lowest BCUT2D eigenvalue weighted by molar-refractivity contribution is 0.0696. The van der Waals surface area contributed by atoms with Gasteiger partial charge in [-0.2, -0.15) is 0 Å². The van der Waals surface area contributed by atoms with Crippen LogP contribution in [-0.4, -0.2) is 23.2 Å². The molecule has 1 aromatic carbocycles. The van der Waals surface area contributed by atoms with Gasteiger partial charge >= 0.3 is 5.97 Å². The first-order chi connectivity index (χ1) is 10.0. The van der Waals surface area contributed by atoms with Crippen LogP contribution in [0.4, 0.5) is 0 Å². The zero-order valence-electron chi connectivity index (χ0n) is 12.2. The zero-order valence-corrected chi connectivity index (χ0v) is 12.2. The molecule has 0 saturated heterocycles. The minimum absolute atomic E-state index is 0.261. The number of carbonyl (C=O) groups is 1. The third-order valence-electron chi connectivity index (χ3n) is 3.06. The van der Waals surface area contributed by atoms with Gasteiger partial charge in [-0.3, -0.25) is 0 Å². The van der Waals surface area contributed by atoms with E-state index in [0.29, 0.717) is 18.2 Å². The summed E-state index contributed by atoms with van der Waals surface area (Å²) in [6.45, 7) is 3.95. The lowest BCUT2D eigenvalue weighted by Gasteiger charge is -2.13. The van der Waals surface area contributed by atoms with Crippen LogP contribution in [0.1, 0.15) is 27.2 Å². The van der Waals surface area contributed by atoms with Crippen LogP contribution >= 0.6 is 0 Å². The molecule has 2 aromatic rings. The Morgan fingerprint density at radius 2 is 1.90 bits per heavy atom. The van der Waals surface area contributed by atoms with E-state index in [1.807, 2.05) is 26.0 Å². The fourth-order valence-corrected chi connectivity index (χ4v) is 2.10. The number of ether oxygens (including phenoxy) is 2. The molecule has 0 aliphatic heterocycles. The second-order valence-electron chi connectivity index (χ2n) is 4.70. The second-order valence-corrected chi connectivity index (χ2v) is 4.70. The Hall–Kier alpha value is -2.56. The highest BCUT2D eigenvalue weighted by Gasteiger charge is 2.11. The fraction of sp³-hybridized carbons (Fsp3) is 0.250. The number of methoxy groups -OCH3 is 1. The van der Waals surface area contributed by atoms with Gasteiger partial charge in [-0.15, -0.1) is 0 Å². The smallest absolute Gasteiger partial charge is 0.335 e. The maximum absolute atomic E-state index is 11.0. The van der Waals surface area contributed by atoms with Crippen molar-refractivity contribution in [2.24, 2.45) is 0 Å². The van der Waals surface area contributed by atoms with Crippen molar-refractivity contribution in [2.75, 3.05) is 7.11 Å². The standard InChI is InChI=1S/C16H17NO4/c1-10-7-12(16(18)19)8-11(2)15(10)21-9-13-5-4-6-14(17-13)20-3/h4-8H,9H2,1-3H3,(H,18,19). The minimum Gasteiger partial charge on any atom is -0.487 e. The summed E-state index contributed by atoms with van der Waals surface area (Å²) in [7, 11) is 1.56. The van der Waals surface area contributed by atoms with E-state index in [2.05, 4.69) is 4.98 Å². The predicted octanol–water partition coefficient (Wildman–Crippen LogP) is 2.98. The number of carboxylic acids is 1. The summed E-state index contributed by atoms with van der Waals surface area (Å²) in [4.78, 5) is 15.3.